The average molecular weight is 195 g/mol. The molecule has 0 spiro atoms. The predicted molar refractivity (Wildman–Crippen MR) is 64.0 cm³/mol. The Morgan fingerprint density at radius 2 is 1.73 bits per heavy atom. The molecule has 0 heteroatoms. The Labute approximate surface area is 90.9 Å². The summed E-state index contributed by atoms with van der Waals surface area (Å²) in [5.41, 5.74) is 1.42. The largest absolute Gasteiger partial charge is 0.0616 e. The first-order chi connectivity index (χ1) is 7.43. The average Bonchev–Trinajstić information content (AvgIpc) is 2.82. The molecule has 0 N–H and O–H groups in total. The van der Waals surface area contributed by atoms with Crippen LogP contribution < -0.4 is 0 Å². The molecule has 1 fully saturated rings. The summed E-state index contributed by atoms with van der Waals surface area (Å²) < 4.78 is 0. The maximum Gasteiger partial charge on any atom is -0.00614 e. The third kappa shape index (κ3) is 1.65. The quantitative estimate of drug-likeness (QED) is 0.636. The van der Waals surface area contributed by atoms with Gasteiger partial charge in [-0.1, -0.05) is 49.2 Å². The zero-order chi connectivity index (χ0) is 10.1. The lowest BCUT2D eigenvalue weighted by atomic mass is 9.95. The fourth-order valence-corrected chi connectivity index (χ4v) is 2.61. The molecule has 0 saturated heterocycles. The van der Waals surface area contributed by atoms with Gasteiger partial charge < -0.3 is 0 Å². The smallest absolute Gasteiger partial charge is 0.00614 e. The number of hydrogen-bond acceptors (Lipinski definition) is 0. The molecule has 0 amide bonds. The summed E-state index contributed by atoms with van der Waals surface area (Å²) in [6, 6.07) is 16.6. The van der Waals surface area contributed by atoms with E-state index in [1.807, 2.05) is 0 Å². The first-order valence-electron chi connectivity index (χ1n) is 5.84. The molecule has 3 rings (SSSR count). The monoisotopic (exact) mass is 195 g/mol. The van der Waals surface area contributed by atoms with E-state index in [1.165, 1.54) is 42.0 Å². The van der Waals surface area contributed by atoms with Crippen LogP contribution in [0.2, 0.25) is 0 Å². The van der Waals surface area contributed by atoms with E-state index >= 15 is 0 Å². The summed E-state index contributed by atoms with van der Waals surface area (Å²) in [5, 5.41) is 2.57. The number of fused-ring (bicyclic) bond motifs is 1. The molecule has 75 valence electrons. The highest BCUT2D eigenvalue weighted by Gasteiger charge is 2.16. The van der Waals surface area contributed by atoms with Gasteiger partial charge in [-0.3, -0.25) is 0 Å². The van der Waals surface area contributed by atoms with Gasteiger partial charge in [0.15, 0.2) is 0 Å². The van der Waals surface area contributed by atoms with Crippen LogP contribution in [-0.2, 0) is 0 Å². The van der Waals surface area contributed by atoms with Crippen LogP contribution in [0.1, 0.15) is 37.2 Å². The maximum absolute atomic E-state index is 3.57. The van der Waals surface area contributed by atoms with Crippen molar-refractivity contribution in [3.8, 4) is 0 Å². The minimum atomic E-state index is 0.773. The molecule has 0 heterocycles. The summed E-state index contributed by atoms with van der Waals surface area (Å²) in [7, 11) is 0. The zero-order valence-corrected chi connectivity index (χ0v) is 8.87. The minimum Gasteiger partial charge on any atom is -0.0616 e. The summed E-state index contributed by atoms with van der Waals surface area (Å²) in [4.78, 5) is 0. The van der Waals surface area contributed by atoms with Gasteiger partial charge in [0.25, 0.3) is 0 Å². The summed E-state index contributed by atoms with van der Waals surface area (Å²) in [6.45, 7) is 0. The van der Waals surface area contributed by atoms with E-state index in [1.54, 1.807) is 0 Å². The van der Waals surface area contributed by atoms with Crippen LogP contribution in [0.5, 0.6) is 0 Å². The molecule has 0 nitrogen and oxygen atoms in total. The van der Waals surface area contributed by atoms with Gasteiger partial charge in [0.2, 0.25) is 0 Å². The van der Waals surface area contributed by atoms with Crippen molar-refractivity contribution in [2.75, 3.05) is 0 Å². The van der Waals surface area contributed by atoms with E-state index in [-0.39, 0.29) is 0 Å². The molecule has 0 bridgehead atoms. The van der Waals surface area contributed by atoms with Crippen molar-refractivity contribution in [3.63, 3.8) is 0 Å². The van der Waals surface area contributed by atoms with Gasteiger partial charge in [0.1, 0.15) is 0 Å². The van der Waals surface area contributed by atoms with E-state index in [4.69, 9.17) is 0 Å². The van der Waals surface area contributed by atoms with Crippen molar-refractivity contribution in [1.82, 2.24) is 0 Å². The number of rotatable bonds is 1. The van der Waals surface area contributed by atoms with Crippen molar-refractivity contribution in [2.45, 2.75) is 31.6 Å². The highest BCUT2D eigenvalue weighted by atomic mass is 14.2. The molecule has 1 aliphatic carbocycles. The Bertz CT molecular complexity index is 464. The van der Waals surface area contributed by atoms with Crippen LogP contribution in [0.25, 0.3) is 10.8 Å². The zero-order valence-electron chi connectivity index (χ0n) is 8.87. The number of benzene rings is 2. The lowest BCUT2D eigenvalue weighted by molar-refractivity contribution is 0.723. The lowest BCUT2D eigenvalue weighted by Crippen LogP contribution is -1.91. The normalized spacial score (nSPS) is 17.3. The van der Waals surface area contributed by atoms with Crippen LogP contribution in [0.3, 0.4) is 0 Å². The summed E-state index contributed by atoms with van der Waals surface area (Å²) >= 11 is 0. The predicted octanol–water partition coefficient (Wildman–Crippen LogP) is 4.30. The van der Waals surface area contributed by atoms with Crippen LogP contribution in [0.4, 0.5) is 0 Å². The van der Waals surface area contributed by atoms with Crippen LogP contribution in [0, 0.1) is 6.07 Å². The standard InChI is InChI=1S/C15H15/c1-2-6-12(5-1)15-10-9-13-7-3-4-8-14(13)11-15/h3-4,7-10,12H,1-2,5-6H2. The molecule has 1 aliphatic rings. The minimum absolute atomic E-state index is 0.773. The molecule has 15 heavy (non-hydrogen) atoms. The Balaban J connectivity index is 2.05. The summed E-state index contributed by atoms with van der Waals surface area (Å²) in [6.07, 6.45) is 5.50. The van der Waals surface area contributed by atoms with Gasteiger partial charge in [-0.15, -0.1) is 0 Å². The highest BCUT2D eigenvalue weighted by molar-refractivity contribution is 5.82. The van der Waals surface area contributed by atoms with E-state index in [0.29, 0.717) is 0 Å². The molecule has 1 radical (unpaired) electrons. The Kier molecular flexibility index (Phi) is 2.21. The Morgan fingerprint density at radius 1 is 0.933 bits per heavy atom. The van der Waals surface area contributed by atoms with Crippen molar-refractivity contribution >= 4 is 10.8 Å². The fourth-order valence-electron chi connectivity index (χ4n) is 2.61. The lowest BCUT2D eigenvalue weighted by Gasteiger charge is -2.09. The first-order valence-corrected chi connectivity index (χ1v) is 5.84. The van der Waals surface area contributed by atoms with Crippen molar-refractivity contribution < 1.29 is 0 Å². The van der Waals surface area contributed by atoms with Gasteiger partial charge >= 0.3 is 0 Å². The molecule has 0 aliphatic heterocycles. The Hall–Kier alpha value is -1.30. The molecule has 1 saturated carbocycles. The van der Waals surface area contributed by atoms with Crippen molar-refractivity contribution in [2.24, 2.45) is 0 Å². The molecule has 0 unspecified atom stereocenters. The van der Waals surface area contributed by atoms with Gasteiger partial charge in [-0.05, 0) is 41.2 Å². The molecule has 2 aromatic rings. The van der Waals surface area contributed by atoms with Gasteiger partial charge in [-0.2, -0.15) is 0 Å². The molecular weight excluding hydrogens is 180 g/mol. The molecular formula is C15H15. The SMILES string of the molecule is [c]1c(C2CCCC2)ccc2ccccc12. The van der Waals surface area contributed by atoms with E-state index in [9.17, 15) is 0 Å². The third-order valence-electron chi connectivity index (χ3n) is 3.48. The van der Waals surface area contributed by atoms with Crippen molar-refractivity contribution in [1.29, 1.82) is 0 Å². The van der Waals surface area contributed by atoms with E-state index in [0.717, 1.165) is 5.92 Å². The summed E-state index contributed by atoms with van der Waals surface area (Å²) in [5.74, 6) is 0.773. The maximum atomic E-state index is 3.57. The van der Waals surface area contributed by atoms with Crippen LogP contribution in [0.15, 0.2) is 36.4 Å². The highest BCUT2D eigenvalue weighted by Crippen LogP contribution is 2.34. The van der Waals surface area contributed by atoms with Gasteiger partial charge in [0.05, 0.1) is 0 Å². The fraction of sp³-hybridized carbons (Fsp3) is 0.333. The van der Waals surface area contributed by atoms with Gasteiger partial charge in [0, 0.05) is 0 Å². The van der Waals surface area contributed by atoms with Crippen molar-refractivity contribution in [3.05, 3.63) is 48.0 Å². The third-order valence-corrected chi connectivity index (χ3v) is 3.48. The first kappa shape index (κ1) is 8.96. The second kappa shape index (κ2) is 3.69. The van der Waals surface area contributed by atoms with Crippen LogP contribution in [-0.4, -0.2) is 0 Å². The number of hydrogen-bond donors (Lipinski definition) is 0. The van der Waals surface area contributed by atoms with E-state index < -0.39 is 0 Å². The topological polar surface area (TPSA) is 0 Å². The second-order valence-electron chi connectivity index (χ2n) is 4.48. The Morgan fingerprint density at radius 3 is 2.60 bits per heavy atom. The molecule has 0 atom stereocenters. The van der Waals surface area contributed by atoms with Gasteiger partial charge in [-0.25, -0.2) is 0 Å². The van der Waals surface area contributed by atoms with E-state index in [2.05, 4.69) is 42.5 Å². The van der Waals surface area contributed by atoms with Crippen LogP contribution >= 0.6 is 0 Å². The molecule has 2 aromatic carbocycles. The molecule has 0 aromatic heterocycles. The second-order valence-corrected chi connectivity index (χ2v) is 4.48.